The van der Waals surface area contributed by atoms with Gasteiger partial charge in [0.05, 0.1) is 18.4 Å². The number of sulfone groups is 1. The zero-order valence-corrected chi connectivity index (χ0v) is 18.3. The Hall–Kier alpha value is -3.65. The molecule has 0 aliphatic carbocycles. The number of rotatable bonds is 8. The van der Waals surface area contributed by atoms with Crippen molar-refractivity contribution in [1.82, 2.24) is 15.3 Å². The van der Waals surface area contributed by atoms with Crippen LogP contribution in [0.1, 0.15) is 16.4 Å². The van der Waals surface area contributed by atoms with Crippen LogP contribution in [-0.2, 0) is 21.1 Å². The molecule has 0 saturated heterocycles. The molecule has 0 spiro atoms. The lowest BCUT2D eigenvalue weighted by molar-refractivity contribution is -0.120. The first-order chi connectivity index (χ1) is 15.5. The number of para-hydroxylation sites is 1. The number of hydrogen-bond donors (Lipinski definition) is 2. The number of pyridine rings is 1. The Morgan fingerprint density at radius 1 is 1.09 bits per heavy atom. The van der Waals surface area contributed by atoms with E-state index in [1.165, 1.54) is 25.4 Å². The van der Waals surface area contributed by atoms with Gasteiger partial charge in [0.15, 0.2) is 9.84 Å². The number of amides is 1. The lowest BCUT2D eigenvalue weighted by Crippen LogP contribution is -2.33. The van der Waals surface area contributed by atoms with Crippen LogP contribution in [0.4, 0.5) is 0 Å². The highest BCUT2D eigenvalue weighted by atomic mass is 32.2. The number of aromatic amines is 1. The van der Waals surface area contributed by atoms with Crippen LogP contribution < -0.4 is 10.1 Å². The van der Waals surface area contributed by atoms with Crippen molar-refractivity contribution in [1.29, 1.82) is 0 Å². The number of ether oxygens (including phenoxy) is 1. The zero-order valence-electron chi connectivity index (χ0n) is 17.5. The smallest absolute Gasteiger partial charge is 0.224 e. The van der Waals surface area contributed by atoms with Crippen LogP contribution >= 0.6 is 0 Å². The molecule has 2 N–H and O–H groups in total. The second-order valence-corrected chi connectivity index (χ2v) is 9.47. The fourth-order valence-corrected chi connectivity index (χ4v) is 5.27. The van der Waals surface area contributed by atoms with Gasteiger partial charge in [-0.3, -0.25) is 9.78 Å². The Balaban J connectivity index is 1.55. The molecule has 2 aromatic heterocycles. The first-order valence-electron chi connectivity index (χ1n) is 10.1. The number of carbonyl (C=O) groups excluding carboxylic acids is 1. The van der Waals surface area contributed by atoms with E-state index in [0.29, 0.717) is 11.3 Å². The normalized spacial score (nSPS) is 12.4. The van der Waals surface area contributed by atoms with Gasteiger partial charge in [0.1, 0.15) is 11.0 Å². The fourth-order valence-electron chi connectivity index (χ4n) is 3.62. The molecule has 0 bridgehead atoms. The van der Waals surface area contributed by atoms with E-state index in [4.69, 9.17) is 4.74 Å². The van der Waals surface area contributed by atoms with E-state index >= 15 is 0 Å². The quantitative estimate of drug-likeness (QED) is 0.429. The molecule has 0 fully saturated rings. The lowest BCUT2D eigenvalue weighted by Gasteiger charge is -2.19. The standard InChI is InChI=1S/C24H23N3O4S/c1-31-19-8-10-20(11-9-19)32(29,30)23(17-5-4-12-25-14-17)16-27-24(28)13-18-15-26-22-7-3-2-6-21(18)22/h2-12,14-15,23,26H,13,16H2,1H3,(H,27,28). The minimum Gasteiger partial charge on any atom is -0.497 e. The van der Waals surface area contributed by atoms with E-state index < -0.39 is 15.1 Å². The van der Waals surface area contributed by atoms with Crippen molar-refractivity contribution in [2.24, 2.45) is 0 Å². The van der Waals surface area contributed by atoms with Crippen LogP contribution in [0.15, 0.2) is 84.1 Å². The predicted molar refractivity (Wildman–Crippen MR) is 122 cm³/mol. The highest BCUT2D eigenvalue weighted by Crippen LogP contribution is 2.29. The van der Waals surface area contributed by atoms with Crippen molar-refractivity contribution in [2.45, 2.75) is 16.6 Å². The van der Waals surface area contributed by atoms with Gasteiger partial charge >= 0.3 is 0 Å². The second kappa shape index (κ2) is 9.23. The molecule has 1 atom stereocenters. The first-order valence-corrected chi connectivity index (χ1v) is 11.6. The van der Waals surface area contributed by atoms with Crippen molar-refractivity contribution < 1.29 is 17.9 Å². The SMILES string of the molecule is COc1ccc(S(=O)(=O)C(CNC(=O)Cc2c[nH]c3ccccc23)c2cccnc2)cc1. The number of hydrogen-bond acceptors (Lipinski definition) is 5. The number of nitrogens with zero attached hydrogens (tertiary/aromatic N) is 1. The van der Waals surface area contributed by atoms with Crippen LogP contribution in [0, 0.1) is 0 Å². The van der Waals surface area contributed by atoms with Crippen LogP contribution in [-0.4, -0.2) is 37.9 Å². The molecule has 1 amide bonds. The van der Waals surface area contributed by atoms with Gasteiger partial charge in [0.2, 0.25) is 5.91 Å². The third kappa shape index (κ3) is 4.50. The number of benzene rings is 2. The highest BCUT2D eigenvalue weighted by molar-refractivity contribution is 7.91. The molecule has 32 heavy (non-hydrogen) atoms. The summed E-state index contributed by atoms with van der Waals surface area (Å²) >= 11 is 0. The fraction of sp³-hybridized carbons (Fsp3) is 0.167. The third-order valence-corrected chi connectivity index (χ3v) is 7.45. The number of H-pyrrole nitrogens is 1. The van der Waals surface area contributed by atoms with Crippen molar-refractivity contribution in [3.63, 3.8) is 0 Å². The summed E-state index contributed by atoms with van der Waals surface area (Å²) in [5.74, 6) is 0.308. The van der Waals surface area contributed by atoms with Crippen LogP contribution in [0.3, 0.4) is 0 Å². The second-order valence-electron chi connectivity index (χ2n) is 7.34. The van der Waals surface area contributed by atoms with Gasteiger partial charge in [-0.25, -0.2) is 8.42 Å². The van der Waals surface area contributed by atoms with Gasteiger partial charge in [-0.05, 0) is 47.5 Å². The summed E-state index contributed by atoms with van der Waals surface area (Å²) in [4.78, 5) is 20.0. The maximum absolute atomic E-state index is 13.4. The van der Waals surface area contributed by atoms with Crippen molar-refractivity contribution in [3.8, 4) is 5.75 Å². The Kier molecular flexibility index (Phi) is 6.23. The Labute approximate surface area is 186 Å². The van der Waals surface area contributed by atoms with Gasteiger partial charge in [0.25, 0.3) is 0 Å². The summed E-state index contributed by atoms with van der Waals surface area (Å²) < 4.78 is 31.9. The molecular formula is C24H23N3O4S. The third-order valence-electron chi connectivity index (χ3n) is 5.33. The van der Waals surface area contributed by atoms with E-state index in [1.54, 1.807) is 36.7 Å². The molecule has 4 aromatic rings. The van der Waals surface area contributed by atoms with E-state index in [2.05, 4.69) is 15.3 Å². The summed E-state index contributed by atoms with van der Waals surface area (Å²) in [6, 6.07) is 17.3. The van der Waals surface area contributed by atoms with Crippen LogP contribution in [0.2, 0.25) is 0 Å². The average Bonchev–Trinajstić information content (AvgIpc) is 3.22. The van der Waals surface area contributed by atoms with Crippen molar-refractivity contribution in [2.75, 3.05) is 13.7 Å². The molecule has 2 heterocycles. The number of aromatic nitrogens is 2. The molecule has 0 radical (unpaired) electrons. The molecule has 2 aromatic carbocycles. The molecule has 8 heteroatoms. The van der Waals surface area contributed by atoms with Gasteiger partial charge in [-0.2, -0.15) is 0 Å². The summed E-state index contributed by atoms with van der Waals surface area (Å²) in [5.41, 5.74) is 2.32. The molecule has 4 rings (SSSR count). The number of carbonyl (C=O) groups is 1. The Morgan fingerprint density at radius 3 is 2.59 bits per heavy atom. The monoisotopic (exact) mass is 449 g/mol. The highest BCUT2D eigenvalue weighted by Gasteiger charge is 2.30. The topological polar surface area (TPSA) is 101 Å². The summed E-state index contributed by atoms with van der Waals surface area (Å²) in [6.45, 7) is -0.0682. The van der Waals surface area contributed by atoms with E-state index in [9.17, 15) is 13.2 Å². The minimum absolute atomic E-state index is 0.0682. The molecule has 1 unspecified atom stereocenters. The maximum atomic E-state index is 13.4. The summed E-state index contributed by atoms with van der Waals surface area (Å²) in [7, 11) is -2.27. The molecule has 0 aliphatic rings. The minimum atomic E-state index is -3.79. The number of methoxy groups -OCH3 is 1. The van der Waals surface area contributed by atoms with E-state index in [0.717, 1.165) is 16.5 Å². The molecule has 0 saturated carbocycles. The van der Waals surface area contributed by atoms with Gasteiger partial charge < -0.3 is 15.0 Å². The first kappa shape index (κ1) is 21.6. The molecule has 0 aliphatic heterocycles. The summed E-state index contributed by atoms with van der Waals surface area (Å²) in [6.07, 6.45) is 5.04. The zero-order chi connectivity index (χ0) is 22.6. The Morgan fingerprint density at radius 2 is 1.88 bits per heavy atom. The largest absolute Gasteiger partial charge is 0.497 e. The number of fused-ring (bicyclic) bond motifs is 1. The van der Waals surface area contributed by atoms with Gasteiger partial charge in [0, 0.05) is 36.0 Å². The molecule has 164 valence electrons. The van der Waals surface area contributed by atoms with Gasteiger partial charge in [-0.15, -0.1) is 0 Å². The number of nitrogens with one attached hydrogen (secondary N) is 2. The van der Waals surface area contributed by atoms with Crippen molar-refractivity contribution >= 4 is 26.6 Å². The summed E-state index contributed by atoms with van der Waals surface area (Å²) in [5, 5.41) is 2.79. The molecule has 7 nitrogen and oxygen atoms in total. The lowest BCUT2D eigenvalue weighted by atomic mass is 10.1. The van der Waals surface area contributed by atoms with Gasteiger partial charge in [-0.1, -0.05) is 24.3 Å². The van der Waals surface area contributed by atoms with Crippen molar-refractivity contribution in [3.05, 3.63) is 90.4 Å². The maximum Gasteiger partial charge on any atom is 0.224 e. The van der Waals surface area contributed by atoms with E-state index in [1.807, 2.05) is 24.3 Å². The van der Waals surface area contributed by atoms with Crippen LogP contribution in [0.25, 0.3) is 10.9 Å². The molecular weight excluding hydrogens is 426 g/mol. The van der Waals surface area contributed by atoms with E-state index in [-0.39, 0.29) is 23.8 Å². The predicted octanol–water partition coefficient (Wildman–Crippen LogP) is 3.45. The van der Waals surface area contributed by atoms with Crippen LogP contribution in [0.5, 0.6) is 5.75 Å². The average molecular weight is 450 g/mol. The Bertz CT molecular complexity index is 1320.